The Balaban J connectivity index is 1.55. The first-order chi connectivity index (χ1) is 11.2. The minimum absolute atomic E-state index is 0.0468. The van der Waals surface area contributed by atoms with Crippen molar-refractivity contribution in [1.29, 1.82) is 0 Å². The van der Waals surface area contributed by atoms with Gasteiger partial charge in [0, 0.05) is 38.8 Å². The third-order valence-corrected chi connectivity index (χ3v) is 4.59. The van der Waals surface area contributed by atoms with Crippen LogP contribution >= 0.6 is 0 Å². The molecular weight excluding hydrogens is 294 g/mol. The SMILES string of the molecule is CCOCCCNC(=O)C1CCN(C(=O)CNCC2CC2)CC1. The summed E-state index contributed by atoms with van der Waals surface area (Å²) in [6, 6.07) is 0. The van der Waals surface area contributed by atoms with Crippen molar-refractivity contribution in [3.8, 4) is 0 Å². The molecule has 23 heavy (non-hydrogen) atoms. The zero-order chi connectivity index (χ0) is 16.5. The van der Waals surface area contributed by atoms with Crippen molar-refractivity contribution in [2.24, 2.45) is 11.8 Å². The van der Waals surface area contributed by atoms with E-state index >= 15 is 0 Å². The molecule has 0 unspecified atom stereocenters. The molecule has 2 aliphatic rings. The molecule has 6 heteroatoms. The fraction of sp³-hybridized carbons (Fsp3) is 0.882. The van der Waals surface area contributed by atoms with Crippen LogP contribution < -0.4 is 10.6 Å². The molecule has 2 amide bonds. The minimum Gasteiger partial charge on any atom is -0.382 e. The predicted octanol–water partition coefficient (Wildman–Crippen LogP) is 0.767. The van der Waals surface area contributed by atoms with Crippen LogP contribution in [0.3, 0.4) is 0 Å². The van der Waals surface area contributed by atoms with Gasteiger partial charge in [-0.15, -0.1) is 0 Å². The summed E-state index contributed by atoms with van der Waals surface area (Å²) < 4.78 is 5.25. The number of piperidine rings is 1. The molecule has 0 radical (unpaired) electrons. The van der Waals surface area contributed by atoms with E-state index in [1.54, 1.807) is 0 Å². The molecule has 0 atom stereocenters. The van der Waals surface area contributed by atoms with Gasteiger partial charge in [-0.05, 0) is 51.5 Å². The van der Waals surface area contributed by atoms with E-state index in [1.807, 2.05) is 11.8 Å². The highest BCUT2D eigenvalue weighted by molar-refractivity contribution is 5.80. The maximum absolute atomic E-state index is 12.1. The van der Waals surface area contributed by atoms with Crippen molar-refractivity contribution in [1.82, 2.24) is 15.5 Å². The van der Waals surface area contributed by atoms with E-state index in [-0.39, 0.29) is 17.7 Å². The Morgan fingerprint density at radius 2 is 1.91 bits per heavy atom. The zero-order valence-electron chi connectivity index (χ0n) is 14.3. The summed E-state index contributed by atoms with van der Waals surface area (Å²) in [6.07, 6.45) is 4.99. The van der Waals surface area contributed by atoms with E-state index in [1.165, 1.54) is 12.8 Å². The number of carbonyl (C=O) groups excluding carboxylic acids is 2. The largest absolute Gasteiger partial charge is 0.382 e. The van der Waals surface area contributed by atoms with E-state index in [4.69, 9.17) is 4.74 Å². The van der Waals surface area contributed by atoms with Gasteiger partial charge in [0.2, 0.25) is 11.8 Å². The fourth-order valence-corrected chi connectivity index (χ4v) is 2.88. The minimum atomic E-state index is 0.0468. The van der Waals surface area contributed by atoms with Crippen LogP contribution in [0.2, 0.25) is 0 Å². The van der Waals surface area contributed by atoms with E-state index in [0.717, 1.165) is 38.3 Å². The zero-order valence-corrected chi connectivity index (χ0v) is 14.3. The monoisotopic (exact) mass is 325 g/mol. The Labute approximate surface area is 139 Å². The number of carbonyl (C=O) groups is 2. The molecule has 0 aromatic carbocycles. The third-order valence-electron chi connectivity index (χ3n) is 4.59. The number of amides is 2. The van der Waals surface area contributed by atoms with Gasteiger partial charge in [0.25, 0.3) is 0 Å². The normalized spacial score (nSPS) is 18.9. The molecule has 0 aromatic heterocycles. The van der Waals surface area contributed by atoms with Gasteiger partial charge >= 0.3 is 0 Å². The number of likely N-dealkylation sites (tertiary alicyclic amines) is 1. The van der Waals surface area contributed by atoms with Crippen LogP contribution in [0.15, 0.2) is 0 Å². The van der Waals surface area contributed by atoms with Crippen molar-refractivity contribution in [2.75, 3.05) is 45.9 Å². The number of nitrogens with zero attached hydrogens (tertiary/aromatic N) is 1. The predicted molar refractivity (Wildman–Crippen MR) is 89.0 cm³/mol. The van der Waals surface area contributed by atoms with Gasteiger partial charge in [0.05, 0.1) is 6.54 Å². The molecule has 132 valence electrons. The summed E-state index contributed by atoms with van der Waals surface area (Å²) in [4.78, 5) is 26.1. The lowest BCUT2D eigenvalue weighted by atomic mass is 9.96. The second-order valence-electron chi connectivity index (χ2n) is 6.57. The number of nitrogens with one attached hydrogen (secondary N) is 2. The van der Waals surface area contributed by atoms with Crippen LogP contribution in [-0.4, -0.2) is 62.7 Å². The van der Waals surface area contributed by atoms with Crippen LogP contribution in [0.1, 0.15) is 39.0 Å². The fourth-order valence-electron chi connectivity index (χ4n) is 2.88. The Hall–Kier alpha value is -1.14. The summed E-state index contributed by atoms with van der Waals surface area (Å²) in [5.74, 6) is 1.13. The van der Waals surface area contributed by atoms with E-state index < -0.39 is 0 Å². The molecular formula is C17H31N3O3. The van der Waals surface area contributed by atoms with Gasteiger partial charge in [0.15, 0.2) is 0 Å². The van der Waals surface area contributed by atoms with Crippen LogP contribution in [-0.2, 0) is 14.3 Å². The smallest absolute Gasteiger partial charge is 0.236 e. The first-order valence-electron chi connectivity index (χ1n) is 9.04. The molecule has 1 aliphatic heterocycles. The molecule has 1 heterocycles. The van der Waals surface area contributed by atoms with Crippen molar-refractivity contribution in [3.63, 3.8) is 0 Å². The van der Waals surface area contributed by atoms with Crippen molar-refractivity contribution >= 4 is 11.8 Å². The molecule has 2 N–H and O–H groups in total. The van der Waals surface area contributed by atoms with Crippen molar-refractivity contribution < 1.29 is 14.3 Å². The highest BCUT2D eigenvalue weighted by Crippen LogP contribution is 2.27. The topological polar surface area (TPSA) is 70.7 Å². The Morgan fingerprint density at radius 1 is 1.17 bits per heavy atom. The van der Waals surface area contributed by atoms with Gasteiger partial charge in [-0.25, -0.2) is 0 Å². The van der Waals surface area contributed by atoms with Gasteiger partial charge in [-0.1, -0.05) is 0 Å². The second-order valence-corrected chi connectivity index (χ2v) is 6.57. The molecule has 1 saturated heterocycles. The van der Waals surface area contributed by atoms with E-state index in [9.17, 15) is 9.59 Å². The summed E-state index contributed by atoms with van der Waals surface area (Å²) in [7, 11) is 0. The molecule has 2 rings (SSSR count). The number of hydrogen-bond acceptors (Lipinski definition) is 4. The first kappa shape index (κ1) is 18.2. The van der Waals surface area contributed by atoms with Gasteiger partial charge in [-0.2, -0.15) is 0 Å². The standard InChI is InChI=1S/C17H31N3O3/c1-2-23-11-3-8-19-17(22)15-6-9-20(10-7-15)16(21)13-18-12-14-4-5-14/h14-15,18H,2-13H2,1H3,(H,19,22). The quantitative estimate of drug-likeness (QED) is 0.582. The highest BCUT2D eigenvalue weighted by Gasteiger charge is 2.27. The third kappa shape index (κ3) is 6.87. The maximum Gasteiger partial charge on any atom is 0.236 e. The van der Waals surface area contributed by atoms with Crippen LogP contribution in [0.25, 0.3) is 0 Å². The Morgan fingerprint density at radius 3 is 2.57 bits per heavy atom. The van der Waals surface area contributed by atoms with Crippen molar-refractivity contribution in [3.05, 3.63) is 0 Å². The van der Waals surface area contributed by atoms with Crippen molar-refractivity contribution in [2.45, 2.75) is 39.0 Å². The van der Waals surface area contributed by atoms with Crippen LogP contribution in [0.4, 0.5) is 0 Å². The van der Waals surface area contributed by atoms with Crippen LogP contribution in [0, 0.1) is 11.8 Å². The molecule has 1 saturated carbocycles. The maximum atomic E-state index is 12.1. The molecule has 6 nitrogen and oxygen atoms in total. The molecule has 0 aromatic rings. The molecule has 0 bridgehead atoms. The summed E-state index contributed by atoms with van der Waals surface area (Å²) in [5.41, 5.74) is 0. The average molecular weight is 325 g/mol. The lowest BCUT2D eigenvalue weighted by Gasteiger charge is -2.31. The first-order valence-corrected chi connectivity index (χ1v) is 9.04. The molecule has 2 fully saturated rings. The Kier molecular flexibility index (Phi) is 7.82. The van der Waals surface area contributed by atoms with Gasteiger partial charge in [-0.3, -0.25) is 9.59 Å². The summed E-state index contributed by atoms with van der Waals surface area (Å²) >= 11 is 0. The average Bonchev–Trinajstić information content (AvgIpc) is 3.39. The molecule has 0 spiro atoms. The second kappa shape index (κ2) is 9.88. The summed E-state index contributed by atoms with van der Waals surface area (Å²) in [5, 5.41) is 6.21. The van der Waals surface area contributed by atoms with Gasteiger partial charge < -0.3 is 20.3 Å². The lowest BCUT2D eigenvalue weighted by molar-refractivity contribution is -0.134. The lowest BCUT2D eigenvalue weighted by Crippen LogP contribution is -2.46. The highest BCUT2D eigenvalue weighted by atomic mass is 16.5. The van der Waals surface area contributed by atoms with E-state index in [0.29, 0.717) is 32.8 Å². The van der Waals surface area contributed by atoms with E-state index in [2.05, 4.69) is 10.6 Å². The summed E-state index contributed by atoms with van der Waals surface area (Å²) in [6.45, 7) is 6.84. The number of hydrogen-bond donors (Lipinski definition) is 2. The van der Waals surface area contributed by atoms with Gasteiger partial charge in [0.1, 0.15) is 0 Å². The molecule has 1 aliphatic carbocycles. The number of ether oxygens (including phenoxy) is 1. The number of rotatable bonds is 10. The van der Waals surface area contributed by atoms with Crippen LogP contribution in [0.5, 0.6) is 0 Å². The Bertz CT molecular complexity index is 377.